The van der Waals surface area contributed by atoms with Crippen molar-refractivity contribution in [1.29, 1.82) is 0 Å². The van der Waals surface area contributed by atoms with Gasteiger partial charge in [0, 0.05) is 49.2 Å². The van der Waals surface area contributed by atoms with Crippen molar-refractivity contribution in [1.82, 2.24) is 15.2 Å². The molecule has 0 bridgehead atoms. The molecule has 4 heteroatoms. The number of aromatic amines is 1. The topological polar surface area (TPSA) is 48.1 Å². The first-order valence-electron chi connectivity index (χ1n) is 9.38. The second-order valence-corrected chi connectivity index (χ2v) is 7.13. The summed E-state index contributed by atoms with van der Waals surface area (Å²) < 4.78 is 0. The number of likely N-dealkylation sites (tertiary alicyclic amines) is 1. The highest BCUT2D eigenvalue weighted by atomic mass is 16.1. The molecule has 1 aliphatic heterocycles. The number of rotatable bonds is 6. The largest absolute Gasteiger partial charge is 0.361 e. The first-order valence-corrected chi connectivity index (χ1v) is 9.38. The number of nitrogens with zero attached hydrogens (tertiary/aromatic N) is 1. The van der Waals surface area contributed by atoms with Crippen LogP contribution in [0.2, 0.25) is 0 Å². The van der Waals surface area contributed by atoms with Crippen LogP contribution < -0.4 is 5.32 Å². The van der Waals surface area contributed by atoms with Crippen LogP contribution in [-0.4, -0.2) is 34.9 Å². The fourth-order valence-electron chi connectivity index (χ4n) is 3.82. The monoisotopic (exact) mass is 347 g/mol. The standard InChI is InChI=1S/C22H25N3O/c26-22(11-10-18-14-23-21-9-5-4-8-20(18)21)24-19-12-13-25(16-19)15-17-6-2-1-3-7-17/h1-9,14,19,23H,10-13,15-16H2,(H,24,26). The van der Waals surface area contributed by atoms with E-state index >= 15 is 0 Å². The second kappa shape index (κ2) is 7.75. The number of carbonyl (C=O) groups is 1. The molecule has 4 nitrogen and oxygen atoms in total. The van der Waals surface area contributed by atoms with E-state index in [0.29, 0.717) is 6.42 Å². The number of carbonyl (C=O) groups excluding carboxylic acids is 1. The molecule has 1 atom stereocenters. The van der Waals surface area contributed by atoms with E-state index < -0.39 is 0 Å². The molecule has 0 aliphatic carbocycles. The van der Waals surface area contributed by atoms with Gasteiger partial charge in [0.1, 0.15) is 0 Å². The van der Waals surface area contributed by atoms with Crippen molar-refractivity contribution in [2.24, 2.45) is 0 Å². The van der Waals surface area contributed by atoms with E-state index in [1.54, 1.807) is 0 Å². The Kier molecular flexibility index (Phi) is 5.02. The Hall–Kier alpha value is -2.59. The quantitative estimate of drug-likeness (QED) is 0.717. The van der Waals surface area contributed by atoms with E-state index in [2.05, 4.69) is 51.6 Å². The summed E-state index contributed by atoms with van der Waals surface area (Å²) in [5.41, 5.74) is 3.68. The summed E-state index contributed by atoms with van der Waals surface area (Å²) >= 11 is 0. The van der Waals surface area contributed by atoms with Crippen LogP contribution in [0.4, 0.5) is 0 Å². The number of amides is 1. The van der Waals surface area contributed by atoms with Crippen LogP contribution in [0.25, 0.3) is 10.9 Å². The van der Waals surface area contributed by atoms with Crippen molar-refractivity contribution in [3.63, 3.8) is 0 Å². The molecule has 0 radical (unpaired) electrons. The minimum Gasteiger partial charge on any atom is -0.361 e. The van der Waals surface area contributed by atoms with Gasteiger partial charge in [0.25, 0.3) is 0 Å². The summed E-state index contributed by atoms with van der Waals surface area (Å²) in [7, 11) is 0. The number of para-hydroxylation sites is 1. The molecule has 2 heterocycles. The van der Waals surface area contributed by atoms with Crippen molar-refractivity contribution in [2.45, 2.75) is 31.8 Å². The van der Waals surface area contributed by atoms with Gasteiger partial charge in [-0.15, -0.1) is 0 Å². The lowest BCUT2D eigenvalue weighted by atomic mass is 10.1. The highest BCUT2D eigenvalue weighted by Gasteiger charge is 2.23. The molecule has 0 saturated carbocycles. The molecular weight excluding hydrogens is 322 g/mol. The summed E-state index contributed by atoms with van der Waals surface area (Å²) in [6.07, 6.45) is 4.37. The predicted octanol–water partition coefficient (Wildman–Crippen LogP) is 3.49. The van der Waals surface area contributed by atoms with Gasteiger partial charge >= 0.3 is 0 Å². The van der Waals surface area contributed by atoms with Crippen LogP contribution in [0.5, 0.6) is 0 Å². The van der Waals surface area contributed by atoms with Crippen molar-refractivity contribution >= 4 is 16.8 Å². The van der Waals surface area contributed by atoms with Gasteiger partial charge in [-0.1, -0.05) is 48.5 Å². The number of hydrogen-bond donors (Lipinski definition) is 2. The molecule has 2 aromatic carbocycles. The lowest BCUT2D eigenvalue weighted by Crippen LogP contribution is -2.37. The van der Waals surface area contributed by atoms with E-state index in [1.807, 2.05) is 24.4 Å². The minimum atomic E-state index is 0.154. The number of fused-ring (bicyclic) bond motifs is 1. The number of aromatic nitrogens is 1. The molecule has 1 aromatic heterocycles. The number of aryl methyl sites for hydroxylation is 1. The molecule has 2 N–H and O–H groups in total. The molecule has 3 aromatic rings. The Morgan fingerprint density at radius 2 is 1.92 bits per heavy atom. The summed E-state index contributed by atoms with van der Waals surface area (Å²) in [5.74, 6) is 0.154. The molecule has 0 spiro atoms. The first-order chi connectivity index (χ1) is 12.8. The molecular formula is C22H25N3O. The SMILES string of the molecule is O=C(CCc1c[nH]c2ccccc12)NC1CCN(Cc2ccccc2)C1. The minimum absolute atomic E-state index is 0.154. The highest BCUT2D eigenvalue weighted by Crippen LogP contribution is 2.19. The third-order valence-corrected chi connectivity index (χ3v) is 5.18. The lowest BCUT2D eigenvalue weighted by molar-refractivity contribution is -0.121. The Bertz CT molecular complexity index is 871. The zero-order valence-electron chi connectivity index (χ0n) is 14.9. The summed E-state index contributed by atoms with van der Waals surface area (Å²) in [4.78, 5) is 18.0. The summed E-state index contributed by atoms with van der Waals surface area (Å²) in [6.45, 7) is 2.94. The number of hydrogen-bond acceptors (Lipinski definition) is 2. The van der Waals surface area contributed by atoms with Crippen molar-refractivity contribution in [3.05, 3.63) is 71.9 Å². The molecule has 1 fully saturated rings. The maximum absolute atomic E-state index is 12.4. The van der Waals surface area contributed by atoms with Crippen LogP contribution in [-0.2, 0) is 17.8 Å². The average Bonchev–Trinajstić information content (AvgIpc) is 3.28. The molecule has 4 rings (SSSR count). The van der Waals surface area contributed by atoms with Crippen molar-refractivity contribution < 1.29 is 4.79 Å². The number of H-pyrrole nitrogens is 1. The van der Waals surface area contributed by atoms with Crippen LogP contribution >= 0.6 is 0 Å². The van der Waals surface area contributed by atoms with Gasteiger partial charge in [-0.2, -0.15) is 0 Å². The van der Waals surface area contributed by atoms with Gasteiger partial charge in [-0.05, 0) is 30.0 Å². The van der Waals surface area contributed by atoms with E-state index in [4.69, 9.17) is 0 Å². The molecule has 26 heavy (non-hydrogen) atoms. The third kappa shape index (κ3) is 3.97. The van der Waals surface area contributed by atoms with E-state index in [1.165, 1.54) is 16.5 Å². The average molecular weight is 347 g/mol. The Balaban J connectivity index is 1.25. The Morgan fingerprint density at radius 1 is 1.12 bits per heavy atom. The zero-order valence-corrected chi connectivity index (χ0v) is 14.9. The summed E-state index contributed by atoms with van der Waals surface area (Å²) in [6, 6.07) is 19.0. The van der Waals surface area contributed by atoms with Crippen molar-refractivity contribution in [2.75, 3.05) is 13.1 Å². The van der Waals surface area contributed by atoms with Gasteiger partial charge < -0.3 is 10.3 Å². The molecule has 134 valence electrons. The van der Waals surface area contributed by atoms with Gasteiger partial charge in [0.15, 0.2) is 0 Å². The predicted molar refractivity (Wildman–Crippen MR) is 105 cm³/mol. The number of nitrogens with one attached hydrogen (secondary N) is 2. The number of benzene rings is 2. The van der Waals surface area contributed by atoms with Crippen molar-refractivity contribution in [3.8, 4) is 0 Å². The Labute approximate surface area is 154 Å². The van der Waals surface area contributed by atoms with E-state index in [-0.39, 0.29) is 11.9 Å². The normalized spacial score (nSPS) is 17.6. The van der Waals surface area contributed by atoms with E-state index in [9.17, 15) is 4.79 Å². The maximum Gasteiger partial charge on any atom is 0.220 e. The van der Waals surface area contributed by atoms with Gasteiger partial charge in [-0.3, -0.25) is 9.69 Å². The van der Waals surface area contributed by atoms with Crippen LogP contribution in [0.1, 0.15) is 24.0 Å². The zero-order chi connectivity index (χ0) is 17.8. The smallest absolute Gasteiger partial charge is 0.220 e. The van der Waals surface area contributed by atoms with Crippen LogP contribution in [0.15, 0.2) is 60.8 Å². The van der Waals surface area contributed by atoms with Crippen LogP contribution in [0, 0.1) is 0 Å². The first kappa shape index (κ1) is 16.9. The molecule has 1 amide bonds. The lowest BCUT2D eigenvalue weighted by Gasteiger charge is -2.16. The van der Waals surface area contributed by atoms with Crippen LogP contribution in [0.3, 0.4) is 0 Å². The fraction of sp³-hybridized carbons (Fsp3) is 0.318. The Morgan fingerprint density at radius 3 is 2.81 bits per heavy atom. The maximum atomic E-state index is 12.4. The second-order valence-electron chi connectivity index (χ2n) is 7.13. The van der Waals surface area contributed by atoms with Gasteiger partial charge in [0.2, 0.25) is 5.91 Å². The van der Waals surface area contributed by atoms with E-state index in [0.717, 1.165) is 38.0 Å². The fourth-order valence-corrected chi connectivity index (χ4v) is 3.82. The molecule has 1 saturated heterocycles. The van der Waals surface area contributed by atoms with Gasteiger partial charge in [-0.25, -0.2) is 0 Å². The molecule has 1 aliphatic rings. The van der Waals surface area contributed by atoms with Gasteiger partial charge in [0.05, 0.1) is 0 Å². The highest BCUT2D eigenvalue weighted by molar-refractivity contribution is 5.84. The summed E-state index contributed by atoms with van der Waals surface area (Å²) in [5, 5.41) is 4.43. The molecule has 1 unspecified atom stereocenters. The third-order valence-electron chi connectivity index (χ3n) is 5.18.